The second kappa shape index (κ2) is 5.85. The number of hydrogen-bond donors (Lipinski definition) is 3. The van der Waals surface area contributed by atoms with Crippen LogP contribution in [0.5, 0.6) is 0 Å². The average molecular weight is 208 g/mol. The van der Waals surface area contributed by atoms with Crippen LogP contribution in [0.2, 0.25) is 0 Å². The summed E-state index contributed by atoms with van der Waals surface area (Å²) in [6, 6.07) is 3.14. The van der Waals surface area contributed by atoms with E-state index in [1.165, 1.54) is 6.20 Å². The van der Waals surface area contributed by atoms with E-state index < -0.39 is 0 Å². The predicted molar refractivity (Wildman–Crippen MR) is 60.6 cm³/mol. The number of nitrogen functional groups attached to an aromatic ring is 1. The van der Waals surface area contributed by atoms with Gasteiger partial charge in [-0.1, -0.05) is 13.3 Å². The van der Waals surface area contributed by atoms with Gasteiger partial charge >= 0.3 is 6.03 Å². The topological polar surface area (TPSA) is 80.0 Å². The van der Waals surface area contributed by atoms with Crippen LogP contribution in [0.15, 0.2) is 18.3 Å². The minimum absolute atomic E-state index is 0.213. The van der Waals surface area contributed by atoms with E-state index in [4.69, 9.17) is 5.73 Å². The maximum atomic E-state index is 11.3. The largest absolute Gasteiger partial charge is 0.384 e. The molecule has 1 heterocycles. The third kappa shape index (κ3) is 4.30. The normalized spacial score (nSPS) is 9.67. The predicted octanol–water partition coefficient (Wildman–Crippen LogP) is 1.59. The maximum absolute atomic E-state index is 11.3. The zero-order chi connectivity index (χ0) is 11.1. The first-order valence-electron chi connectivity index (χ1n) is 4.98. The van der Waals surface area contributed by atoms with Gasteiger partial charge in [0.1, 0.15) is 5.82 Å². The smallest absolute Gasteiger partial charge is 0.319 e. The van der Waals surface area contributed by atoms with E-state index >= 15 is 0 Å². The van der Waals surface area contributed by atoms with Crippen molar-refractivity contribution >= 4 is 17.5 Å². The molecule has 0 radical (unpaired) electrons. The van der Waals surface area contributed by atoms with E-state index in [1.54, 1.807) is 12.1 Å². The minimum Gasteiger partial charge on any atom is -0.384 e. The van der Waals surface area contributed by atoms with Crippen LogP contribution in [-0.2, 0) is 0 Å². The molecule has 0 saturated carbocycles. The van der Waals surface area contributed by atoms with Gasteiger partial charge in [0.2, 0.25) is 0 Å². The summed E-state index contributed by atoms with van der Waals surface area (Å²) in [5, 5.41) is 5.40. The molecule has 0 saturated heterocycles. The van der Waals surface area contributed by atoms with Crippen molar-refractivity contribution in [3.8, 4) is 0 Å². The van der Waals surface area contributed by atoms with Crippen LogP contribution in [0.1, 0.15) is 19.8 Å². The lowest BCUT2D eigenvalue weighted by atomic mass is 10.3. The van der Waals surface area contributed by atoms with Crippen molar-refractivity contribution in [2.24, 2.45) is 0 Å². The highest BCUT2D eigenvalue weighted by atomic mass is 16.2. The lowest BCUT2D eigenvalue weighted by Gasteiger charge is -2.06. The van der Waals surface area contributed by atoms with Crippen LogP contribution < -0.4 is 16.4 Å². The molecule has 1 rings (SSSR count). The molecule has 0 aliphatic rings. The van der Waals surface area contributed by atoms with E-state index in [9.17, 15) is 4.79 Å². The number of anilines is 2. The molecule has 0 unspecified atom stereocenters. The number of carbonyl (C=O) groups excluding carboxylic acids is 1. The van der Waals surface area contributed by atoms with Gasteiger partial charge in [0.25, 0.3) is 0 Å². The summed E-state index contributed by atoms with van der Waals surface area (Å²) in [6.45, 7) is 2.76. The molecule has 1 aromatic rings. The van der Waals surface area contributed by atoms with Crippen molar-refractivity contribution in [3.63, 3.8) is 0 Å². The lowest BCUT2D eigenvalue weighted by molar-refractivity contribution is 0.252. The fourth-order valence-electron chi connectivity index (χ4n) is 1.03. The fourth-order valence-corrected chi connectivity index (χ4v) is 1.03. The fraction of sp³-hybridized carbons (Fsp3) is 0.400. The maximum Gasteiger partial charge on any atom is 0.319 e. The molecule has 15 heavy (non-hydrogen) atoms. The summed E-state index contributed by atoms with van der Waals surface area (Å²) in [7, 11) is 0. The standard InChI is InChI=1S/C10H16N4O/c1-2-3-6-12-10(15)14-8-4-5-9(11)13-7-8/h4-5,7H,2-3,6H2,1H3,(H2,11,13)(H2,12,14,15). The Morgan fingerprint density at radius 2 is 2.33 bits per heavy atom. The van der Waals surface area contributed by atoms with Crippen LogP contribution in [0.25, 0.3) is 0 Å². The van der Waals surface area contributed by atoms with E-state index in [0.717, 1.165) is 12.8 Å². The second-order valence-corrected chi connectivity index (χ2v) is 3.21. The molecule has 1 aromatic heterocycles. The van der Waals surface area contributed by atoms with Gasteiger partial charge in [0.15, 0.2) is 0 Å². The van der Waals surface area contributed by atoms with E-state index in [0.29, 0.717) is 18.1 Å². The zero-order valence-corrected chi connectivity index (χ0v) is 8.79. The number of hydrogen-bond acceptors (Lipinski definition) is 3. The summed E-state index contributed by atoms with van der Waals surface area (Å²) < 4.78 is 0. The molecule has 82 valence electrons. The summed E-state index contributed by atoms with van der Waals surface area (Å²) in [5.74, 6) is 0.437. The first kappa shape index (κ1) is 11.3. The molecule has 5 heteroatoms. The molecule has 5 nitrogen and oxygen atoms in total. The summed E-state index contributed by atoms with van der Waals surface area (Å²) >= 11 is 0. The molecule has 0 bridgehead atoms. The first-order chi connectivity index (χ1) is 7.22. The minimum atomic E-state index is -0.213. The van der Waals surface area contributed by atoms with Crippen molar-refractivity contribution in [2.75, 3.05) is 17.6 Å². The third-order valence-electron chi connectivity index (χ3n) is 1.86. The molecule has 0 spiro atoms. The molecule has 0 aromatic carbocycles. The first-order valence-corrected chi connectivity index (χ1v) is 4.98. The Balaban J connectivity index is 2.34. The Hall–Kier alpha value is -1.78. The summed E-state index contributed by atoms with van der Waals surface area (Å²) in [6.07, 6.45) is 3.56. The van der Waals surface area contributed by atoms with Crippen molar-refractivity contribution in [1.29, 1.82) is 0 Å². The van der Waals surface area contributed by atoms with Gasteiger partial charge in [0, 0.05) is 6.54 Å². The Morgan fingerprint density at radius 3 is 2.93 bits per heavy atom. The molecule has 0 aliphatic heterocycles. The quantitative estimate of drug-likeness (QED) is 0.657. The Kier molecular flexibility index (Phi) is 4.40. The highest BCUT2D eigenvalue weighted by Gasteiger charge is 1.99. The molecule has 0 fully saturated rings. The van der Waals surface area contributed by atoms with Crippen LogP contribution in [0.3, 0.4) is 0 Å². The van der Waals surface area contributed by atoms with Crippen molar-refractivity contribution in [3.05, 3.63) is 18.3 Å². The van der Waals surface area contributed by atoms with Crippen LogP contribution in [0, 0.1) is 0 Å². The number of pyridine rings is 1. The highest BCUT2D eigenvalue weighted by Crippen LogP contribution is 2.06. The highest BCUT2D eigenvalue weighted by molar-refractivity contribution is 5.89. The van der Waals surface area contributed by atoms with Crippen molar-refractivity contribution in [2.45, 2.75) is 19.8 Å². The third-order valence-corrected chi connectivity index (χ3v) is 1.86. The van der Waals surface area contributed by atoms with E-state index in [-0.39, 0.29) is 6.03 Å². The molecule has 0 atom stereocenters. The number of rotatable bonds is 4. The number of nitrogens with two attached hydrogens (primary N) is 1. The van der Waals surface area contributed by atoms with Crippen molar-refractivity contribution < 1.29 is 4.79 Å². The second-order valence-electron chi connectivity index (χ2n) is 3.21. The molecular formula is C10H16N4O. The number of carbonyl (C=O) groups is 1. The van der Waals surface area contributed by atoms with Gasteiger partial charge in [0.05, 0.1) is 11.9 Å². The van der Waals surface area contributed by atoms with Gasteiger partial charge in [-0.2, -0.15) is 0 Å². The zero-order valence-electron chi connectivity index (χ0n) is 8.79. The van der Waals surface area contributed by atoms with Gasteiger partial charge in [-0.15, -0.1) is 0 Å². The summed E-state index contributed by atoms with van der Waals surface area (Å²) in [4.78, 5) is 15.2. The monoisotopic (exact) mass is 208 g/mol. The Morgan fingerprint density at radius 1 is 1.53 bits per heavy atom. The molecule has 2 amide bonds. The number of unbranched alkanes of at least 4 members (excludes halogenated alkanes) is 1. The molecular weight excluding hydrogens is 192 g/mol. The van der Waals surface area contributed by atoms with Crippen LogP contribution >= 0.6 is 0 Å². The number of urea groups is 1. The number of amides is 2. The van der Waals surface area contributed by atoms with Crippen LogP contribution in [0.4, 0.5) is 16.3 Å². The van der Waals surface area contributed by atoms with Gasteiger partial charge in [-0.3, -0.25) is 0 Å². The Labute approximate surface area is 89.1 Å². The van der Waals surface area contributed by atoms with Gasteiger partial charge in [-0.25, -0.2) is 9.78 Å². The van der Waals surface area contributed by atoms with Crippen LogP contribution in [-0.4, -0.2) is 17.6 Å². The van der Waals surface area contributed by atoms with Crippen molar-refractivity contribution in [1.82, 2.24) is 10.3 Å². The van der Waals surface area contributed by atoms with Gasteiger partial charge in [-0.05, 0) is 18.6 Å². The van der Waals surface area contributed by atoms with E-state index in [1.807, 2.05) is 0 Å². The summed E-state index contributed by atoms with van der Waals surface area (Å²) in [5.41, 5.74) is 6.05. The lowest BCUT2D eigenvalue weighted by Crippen LogP contribution is -2.29. The SMILES string of the molecule is CCCCNC(=O)Nc1ccc(N)nc1. The van der Waals surface area contributed by atoms with Gasteiger partial charge < -0.3 is 16.4 Å². The number of nitrogens with zero attached hydrogens (tertiary/aromatic N) is 1. The molecule has 4 N–H and O–H groups in total. The number of aromatic nitrogens is 1. The Bertz CT molecular complexity index is 310. The molecule has 0 aliphatic carbocycles. The van der Waals surface area contributed by atoms with E-state index in [2.05, 4.69) is 22.5 Å². The number of nitrogens with one attached hydrogen (secondary N) is 2. The average Bonchev–Trinajstić information content (AvgIpc) is 2.22.